The number of carbonyl (C=O) groups excluding carboxylic acids is 2. The van der Waals surface area contributed by atoms with E-state index < -0.39 is 11.7 Å². The number of nitrogens with zero attached hydrogens (tertiary/aromatic N) is 1. The van der Waals surface area contributed by atoms with E-state index in [1.165, 1.54) is 6.07 Å². The number of amides is 1. The summed E-state index contributed by atoms with van der Waals surface area (Å²) in [5.41, 5.74) is 1.20. The van der Waals surface area contributed by atoms with Crippen LogP contribution in [0, 0.1) is 11.3 Å². The third kappa shape index (κ3) is 2.44. The Hall–Kier alpha value is -2.87. The van der Waals surface area contributed by atoms with E-state index in [1.807, 2.05) is 6.07 Å². The molecule has 5 heteroatoms. The summed E-state index contributed by atoms with van der Waals surface area (Å²) in [4.78, 5) is 25.9. The van der Waals surface area contributed by atoms with Crippen LogP contribution in [-0.2, 0) is 4.79 Å². The second kappa shape index (κ2) is 4.97. The number of aromatic amines is 1. The fraction of sp³-hybridized carbons (Fsp3) is 0. The molecule has 0 atom stereocenters. The zero-order valence-electron chi connectivity index (χ0n) is 9.31. The Balaban J connectivity index is 2.07. The lowest BCUT2D eigenvalue weighted by molar-refractivity contribution is -0.112. The average Bonchev–Trinajstić information content (AvgIpc) is 2.92. The molecule has 0 aliphatic rings. The molecule has 0 aliphatic heterocycles. The molecule has 1 aromatic heterocycles. The number of ketones is 1. The molecule has 18 heavy (non-hydrogen) atoms. The van der Waals surface area contributed by atoms with Gasteiger partial charge in [-0.15, -0.1) is 0 Å². The first-order chi connectivity index (χ1) is 8.70. The number of carbonyl (C=O) groups is 2. The molecular formula is C13H9N3O2. The van der Waals surface area contributed by atoms with E-state index >= 15 is 0 Å². The highest BCUT2D eigenvalue weighted by molar-refractivity contribution is 6.46. The van der Waals surface area contributed by atoms with Gasteiger partial charge in [-0.2, -0.15) is 5.26 Å². The number of nitrogens with one attached hydrogen (secondary N) is 2. The van der Waals surface area contributed by atoms with Crippen molar-refractivity contribution in [3.05, 3.63) is 53.9 Å². The van der Waals surface area contributed by atoms with Gasteiger partial charge in [0.2, 0.25) is 0 Å². The average molecular weight is 239 g/mol. The maximum absolute atomic E-state index is 11.6. The summed E-state index contributed by atoms with van der Waals surface area (Å²) in [6, 6.07) is 11.4. The minimum Gasteiger partial charge on any atom is -0.358 e. The SMILES string of the molecule is N#Cc1ccc(NC(=O)C(=O)c2ccc[nH]2)cc1. The van der Waals surface area contributed by atoms with Crippen LogP contribution < -0.4 is 5.32 Å². The topological polar surface area (TPSA) is 85.8 Å². The van der Waals surface area contributed by atoms with Crippen LogP contribution in [0.4, 0.5) is 5.69 Å². The molecule has 0 saturated carbocycles. The summed E-state index contributed by atoms with van der Waals surface area (Å²) in [6.45, 7) is 0. The minimum absolute atomic E-state index is 0.237. The van der Waals surface area contributed by atoms with Crippen LogP contribution in [-0.4, -0.2) is 16.7 Å². The van der Waals surface area contributed by atoms with Gasteiger partial charge in [0.25, 0.3) is 11.7 Å². The molecule has 88 valence electrons. The van der Waals surface area contributed by atoms with E-state index in [0.717, 1.165) is 0 Å². The number of anilines is 1. The molecule has 1 amide bonds. The molecule has 2 N–H and O–H groups in total. The highest BCUT2D eigenvalue weighted by Crippen LogP contribution is 2.09. The van der Waals surface area contributed by atoms with E-state index in [2.05, 4.69) is 10.3 Å². The van der Waals surface area contributed by atoms with Gasteiger partial charge >= 0.3 is 0 Å². The summed E-state index contributed by atoms with van der Waals surface area (Å²) in [5.74, 6) is -1.36. The van der Waals surface area contributed by atoms with Crippen molar-refractivity contribution in [2.75, 3.05) is 5.32 Å². The van der Waals surface area contributed by atoms with E-state index in [0.29, 0.717) is 11.3 Å². The predicted molar refractivity (Wildman–Crippen MR) is 64.9 cm³/mol. The molecular weight excluding hydrogens is 230 g/mol. The van der Waals surface area contributed by atoms with E-state index in [-0.39, 0.29) is 5.69 Å². The third-order valence-electron chi connectivity index (χ3n) is 2.32. The first-order valence-corrected chi connectivity index (χ1v) is 5.20. The molecule has 0 saturated heterocycles. The zero-order chi connectivity index (χ0) is 13.0. The highest BCUT2D eigenvalue weighted by Gasteiger charge is 2.16. The molecule has 0 unspecified atom stereocenters. The van der Waals surface area contributed by atoms with Crippen LogP contribution in [0.5, 0.6) is 0 Å². The van der Waals surface area contributed by atoms with Crippen molar-refractivity contribution in [1.82, 2.24) is 4.98 Å². The van der Waals surface area contributed by atoms with Crippen molar-refractivity contribution in [1.29, 1.82) is 5.26 Å². The van der Waals surface area contributed by atoms with Gasteiger partial charge in [0, 0.05) is 11.9 Å². The Morgan fingerprint density at radius 1 is 1.17 bits per heavy atom. The lowest BCUT2D eigenvalue weighted by Crippen LogP contribution is -2.23. The molecule has 0 radical (unpaired) electrons. The Labute approximate surface area is 103 Å². The molecule has 0 spiro atoms. The highest BCUT2D eigenvalue weighted by atomic mass is 16.2. The maximum atomic E-state index is 11.6. The largest absolute Gasteiger partial charge is 0.358 e. The Morgan fingerprint density at radius 2 is 1.89 bits per heavy atom. The van der Waals surface area contributed by atoms with Crippen LogP contribution >= 0.6 is 0 Å². The molecule has 0 fully saturated rings. The molecule has 1 heterocycles. The second-order valence-corrected chi connectivity index (χ2v) is 3.56. The summed E-state index contributed by atoms with van der Waals surface area (Å²) >= 11 is 0. The Morgan fingerprint density at radius 3 is 2.44 bits per heavy atom. The summed E-state index contributed by atoms with van der Waals surface area (Å²) in [7, 11) is 0. The van der Waals surface area contributed by atoms with Gasteiger partial charge in [0.15, 0.2) is 0 Å². The molecule has 1 aromatic carbocycles. The van der Waals surface area contributed by atoms with Crippen molar-refractivity contribution in [3.8, 4) is 6.07 Å². The monoisotopic (exact) mass is 239 g/mol. The Bertz CT molecular complexity index is 607. The summed E-state index contributed by atoms with van der Waals surface area (Å²) < 4.78 is 0. The van der Waals surface area contributed by atoms with E-state index in [1.54, 1.807) is 36.5 Å². The predicted octanol–water partition coefficient (Wildman–Crippen LogP) is 1.71. The number of aromatic nitrogens is 1. The summed E-state index contributed by atoms with van der Waals surface area (Å²) in [6.07, 6.45) is 1.57. The lowest BCUT2D eigenvalue weighted by atomic mass is 10.2. The van der Waals surface area contributed by atoms with Crippen molar-refractivity contribution in [3.63, 3.8) is 0 Å². The third-order valence-corrected chi connectivity index (χ3v) is 2.32. The standard InChI is InChI=1S/C13H9N3O2/c14-8-9-3-5-10(6-4-9)16-13(18)12(17)11-2-1-7-15-11/h1-7,15H,(H,16,18). The first-order valence-electron chi connectivity index (χ1n) is 5.20. The van der Waals surface area contributed by atoms with Crippen LogP contribution in [0.15, 0.2) is 42.6 Å². The minimum atomic E-state index is -0.720. The van der Waals surface area contributed by atoms with Gasteiger partial charge in [0.05, 0.1) is 17.3 Å². The van der Waals surface area contributed by atoms with Gasteiger partial charge < -0.3 is 10.3 Å². The first kappa shape index (κ1) is 11.6. The van der Waals surface area contributed by atoms with Crippen LogP contribution in [0.3, 0.4) is 0 Å². The molecule has 2 rings (SSSR count). The summed E-state index contributed by atoms with van der Waals surface area (Å²) in [5, 5.41) is 11.1. The molecule has 0 bridgehead atoms. The van der Waals surface area contributed by atoms with Crippen LogP contribution in [0.1, 0.15) is 16.1 Å². The van der Waals surface area contributed by atoms with Crippen LogP contribution in [0.25, 0.3) is 0 Å². The molecule has 5 nitrogen and oxygen atoms in total. The van der Waals surface area contributed by atoms with Crippen molar-refractivity contribution in [2.24, 2.45) is 0 Å². The normalized spacial score (nSPS) is 9.50. The number of rotatable bonds is 3. The number of benzene rings is 1. The van der Waals surface area contributed by atoms with Crippen molar-refractivity contribution >= 4 is 17.4 Å². The quantitative estimate of drug-likeness (QED) is 0.631. The zero-order valence-corrected chi connectivity index (χ0v) is 9.31. The van der Waals surface area contributed by atoms with Gasteiger partial charge in [0.1, 0.15) is 0 Å². The lowest BCUT2D eigenvalue weighted by Gasteiger charge is -2.03. The van der Waals surface area contributed by atoms with Gasteiger partial charge in [-0.3, -0.25) is 9.59 Å². The number of hydrogen-bond acceptors (Lipinski definition) is 3. The fourth-order valence-electron chi connectivity index (χ4n) is 1.41. The van der Waals surface area contributed by atoms with Crippen molar-refractivity contribution in [2.45, 2.75) is 0 Å². The van der Waals surface area contributed by atoms with Gasteiger partial charge in [-0.1, -0.05) is 0 Å². The number of hydrogen-bond donors (Lipinski definition) is 2. The second-order valence-electron chi connectivity index (χ2n) is 3.56. The number of H-pyrrole nitrogens is 1. The molecule has 2 aromatic rings. The van der Waals surface area contributed by atoms with E-state index in [9.17, 15) is 9.59 Å². The van der Waals surface area contributed by atoms with Crippen molar-refractivity contribution < 1.29 is 9.59 Å². The molecule has 0 aliphatic carbocycles. The van der Waals surface area contributed by atoms with Gasteiger partial charge in [-0.25, -0.2) is 0 Å². The number of Topliss-reactive ketones (excluding diaryl/α,β-unsaturated/α-hetero) is 1. The van der Waals surface area contributed by atoms with Crippen LogP contribution in [0.2, 0.25) is 0 Å². The van der Waals surface area contributed by atoms with Gasteiger partial charge in [-0.05, 0) is 36.4 Å². The maximum Gasteiger partial charge on any atom is 0.298 e. The smallest absolute Gasteiger partial charge is 0.298 e. The Kier molecular flexibility index (Phi) is 3.21. The van der Waals surface area contributed by atoms with E-state index in [4.69, 9.17) is 5.26 Å². The number of nitriles is 1. The fourth-order valence-corrected chi connectivity index (χ4v) is 1.41.